The predicted molar refractivity (Wildman–Crippen MR) is 50.3 cm³/mol. The zero-order valence-corrected chi connectivity index (χ0v) is 7.26. The van der Waals surface area contributed by atoms with Gasteiger partial charge >= 0.3 is 0 Å². The van der Waals surface area contributed by atoms with E-state index in [9.17, 15) is 0 Å². The molecule has 1 aromatic heterocycles. The molecule has 0 spiro atoms. The molecule has 2 radical (unpaired) electrons. The molecule has 1 aliphatic carbocycles. The Balaban J connectivity index is 2.55. The van der Waals surface area contributed by atoms with Crippen LogP contribution in [-0.2, 0) is 0 Å². The highest BCUT2D eigenvalue weighted by Crippen LogP contribution is 2.36. The lowest BCUT2D eigenvalue weighted by molar-refractivity contribution is 1.76. The summed E-state index contributed by atoms with van der Waals surface area (Å²) in [7, 11) is 0. The average Bonchev–Trinajstić information content (AvgIpc) is 2.52. The molecular weight excluding hydrogens is 172 g/mol. The molecule has 2 heterocycles. The Morgan fingerprint density at radius 3 is 3.36 bits per heavy atom. The molecule has 0 saturated carbocycles. The summed E-state index contributed by atoms with van der Waals surface area (Å²) in [6.45, 7) is 0. The summed E-state index contributed by atoms with van der Waals surface area (Å²) in [5, 5.41) is 4.49. The summed E-state index contributed by atoms with van der Waals surface area (Å²) in [4.78, 5) is 1.42. The molecule has 1 aromatic rings. The summed E-state index contributed by atoms with van der Waals surface area (Å²) in [6, 6.07) is 2.06. The van der Waals surface area contributed by atoms with Crippen LogP contribution in [0.1, 0.15) is 0 Å². The summed E-state index contributed by atoms with van der Waals surface area (Å²) in [5.41, 5.74) is 1.38. The maximum atomic E-state index is 3.15. The second kappa shape index (κ2) is 2.02. The van der Waals surface area contributed by atoms with Gasteiger partial charge in [0.15, 0.2) is 0 Å². The van der Waals surface area contributed by atoms with Gasteiger partial charge in [-0.1, -0.05) is 6.08 Å². The first-order valence-electron chi connectivity index (χ1n) is 3.37. The van der Waals surface area contributed by atoms with Gasteiger partial charge in [-0.3, -0.25) is 0 Å². The fourth-order valence-electron chi connectivity index (χ4n) is 1.35. The lowest BCUT2D eigenvalue weighted by atomic mass is 10.3. The fourth-order valence-corrected chi connectivity index (χ4v) is 3.20. The molecule has 3 rings (SSSR count). The van der Waals surface area contributed by atoms with Gasteiger partial charge < -0.3 is 0 Å². The van der Waals surface area contributed by atoms with Gasteiger partial charge in [0.2, 0.25) is 0 Å². The molecule has 0 N–H and O–H groups in total. The van der Waals surface area contributed by atoms with Gasteiger partial charge in [0.05, 0.1) is 0 Å². The van der Waals surface area contributed by atoms with E-state index in [1.54, 1.807) is 11.3 Å². The first kappa shape index (κ1) is 6.09. The molecule has 0 unspecified atom stereocenters. The van der Waals surface area contributed by atoms with Crippen LogP contribution in [0.3, 0.4) is 0 Å². The topological polar surface area (TPSA) is 0 Å². The molecule has 0 aromatic carbocycles. The van der Waals surface area contributed by atoms with E-state index in [1.165, 1.54) is 20.2 Å². The van der Waals surface area contributed by atoms with Crippen LogP contribution in [0, 0.1) is 11.1 Å². The van der Waals surface area contributed by atoms with Gasteiger partial charge in [-0.15, -0.1) is 23.1 Å². The minimum Gasteiger partial charge on any atom is -0.133 e. The van der Waals surface area contributed by atoms with Crippen molar-refractivity contribution in [1.29, 1.82) is 0 Å². The maximum Gasteiger partial charge on any atom is 0.0491 e. The largest absolute Gasteiger partial charge is 0.133 e. The van der Waals surface area contributed by atoms with Crippen LogP contribution in [0.5, 0.6) is 0 Å². The summed E-state index contributed by atoms with van der Waals surface area (Å²) < 4.78 is 1.40. The summed E-state index contributed by atoms with van der Waals surface area (Å²) in [5.74, 6) is 2.14. The Bertz CT molecular complexity index is 448. The zero-order valence-electron chi connectivity index (χ0n) is 5.63. The summed E-state index contributed by atoms with van der Waals surface area (Å²) in [6.07, 6.45) is 4.40. The molecule has 0 atom stereocenters. The quantitative estimate of drug-likeness (QED) is 0.574. The Morgan fingerprint density at radius 1 is 1.36 bits per heavy atom. The van der Waals surface area contributed by atoms with Crippen LogP contribution >= 0.6 is 23.1 Å². The SMILES string of the molecule is [c]1cc2c(s1)=C1S[CH]C=C1C=2. The average molecular weight is 176 g/mol. The van der Waals surface area contributed by atoms with E-state index in [4.69, 9.17) is 0 Å². The highest BCUT2D eigenvalue weighted by Gasteiger charge is 2.16. The minimum atomic E-state index is 1.34. The predicted octanol–water partition coefficient (Wildman–Crippen LogP) is 1.29. The van der Waals surface area contributed by atoms with Gasteiger partial charge in [0.25, 0.3) is 0 Å². The van der Waals surface area contributed by atoms with Crippen LogP contribution in [0.2, 0.25) is 0 Å². The van der Waals surface area contributed by atoms with E-state index in [2.05, 4.69) is 29.4 Å². The molecule has 2 aliphatic rings. The van der Waals surface area contributed by atoms with Crippen molar-refractivity contribution in [3.63, 3.8) is 0 Å². The third kappa shape index (κ3) is 0.713. The second-order valence-corrected chi connectivity index (χ2v) is 4.26. The smallest absolute Gasteiger partial charge is 0.0491 e. The van der Waals surface area contributed by atoms with E-state index < -0.39 is 0 Å². The van der Waals surface area contributed by atoms with Gasteiger partial charge in [-0.25, -0.2) is 0 Å². The molecule has 0 amide bonds. The van der Waals surface area contributed by atoms with E-state index >= 15 is 0 Å². The third-order valence-corrected chi connectivity index (χ3v) is 3.81. The third-order valence-electron chi connectivity index (χ3n) is 1.85. The molecule has 52 valence electrons. The minimum absolute atomic E-state index is 1.34. The number of thioether (sulfide) groups is 1. The first-order valence-corrected chi connectivity index (χ1v) is 5.07. The number of rotatable bonds is 0. The lowest BCUT2D eigenvalue weighted by Gasteiger charge is -1.89. The zero-order chi connectivity index (χ0) is 7.26. The molecule has 1 aliphatic heterocycles. The van der Waals surface area contributed by atoms with Crippen molar-refractivity contribution in [2.45, 2.75) is 0 Å². The molecule has 0 saturated heterocycles. The van der Waals surface area contributed by atoms with E-state index in [-0.39, 0.29) is 0 Å². The van der Waals surface area contributed by atoms with Gasteiger partial charge in [-0.05, 0) is 22.9 Å². The van der Waals surface area contributed by atoms with Crippen LogP contribution in [-0.4, -0.2) is 0 Å². The van der Waals surface area contributed by atoms with Gasteiger partial charge in [0, 0.05) is 20.6 Å². The van der Waals surface area contributed by atoms with Crippen molar-refractivity contribution in [1.82, 2.24) is 0 Å². The Morgan fingerprint density at radius 2 is 2.36 bits per heavy atom. The van der Waals surface area contributed by atoms with Crippen LogP contribution < -0.4 is 9.75 Å². The number of hydrogen-bond donors (Lipinski definition) is 0. The molecule has 2 heteroatoms. The Hall–Kier alpha value is -0.470. The highest BCUT2D eigenvalue weighted by atomic mass is 32.2. The van der Waals surface area contributed by atoms with Crippen LogP contribution in [0.4, 0.5) is 0 Å². The van der Waals surface area contributed by atoms with E-state index in [1.807, 2.05) is 11.8 Å². The molecule has 0 fully saturated rings. The Labute approximate surface area is 72.9 Å². The number of thiophene rings is 1. The van der Waals surface area contributed by atoms with Crippen molar-refractivity contribution in [3.05, 3.63) is 38.6 Å². The second-order valence-electron chi connectivity index (χ2n) is 2.50. The van der Waals surface area contributed by atoms with Crippen molar-refractivity contribution >= 4 is 34.1 Å². The summed E-state index contributed by atoms with van der Waals surface area (Å²) >= 11 is 3.53. The highest BCUT2D eigenvalue weighted by molar-refractivity contribution is 8.10. The first-order chi connectivity index (χ1) is 5.45. The number of fused-ring (bicyclic) bond motifs is 2. The van der Waals surface area contributed by atoms with Crippen LogP contribution in [0.25, 0.3) is 11.0 Å². The Kier molecular flexibility index (Phi) is 1.12. The van der Waals surface area contributed by atoms with Gasteiger partial charge in [0.1, 0.15) is 0 Å². The molecular formula is C9H4S2. The maximum absolute atomic E-state index is 3.15. The monoisotopic (exact) mass is 176 g/mol. The normalized spacial score (nSPS) is 19.3. The standard InChI is InChI=1S/C9H4S2/c1-3-10-8-6(1)5-7-2-4-11-9(7)8/h1-3,5H. The van der Waals surface area contributed by atoms with Crippen molar-refractivity contribution < 1.29 is 0 Å². The van der Waals surface area contributed by atoms with Crippen molar-refractivity contribution in [2.75, 3.05) is 0 Å². The lowest BCUT2D eigenvalue weighted by Crippen LogP contribution is -2.13. The van der Waals surface area contributed by atoms with E-state index in [0.29, 0.717) is 0 Å². The van der Waals surface area contributed by atoms with Gasteiger partial charge in [-0.2, -0.15) is 0 Å². The molecule has 0 bridgehead atoms. The number of hydrogen-bond acceptors (Lipinski definition) is 2. The molecule has 11 heavy (non-hydrogen) atoms. The van der Waals surface area contributed by atoms with Crippen molar-refractivity contribution in [3.8, 4) is 0 Å². The molecule has 0 nitrogen and oxygen atoms in total. The van der Waals surface area contributed by atoms with Crippen LogP contribution in [0.15, 0.2) is 17.7 Å². The fraction of sp³-hybridized carbons (Fsp3) is 0. The van der Waals surface area contributed by atoms with Crippen molar-refractivity contribution in [2.24, 2.45) is 0 Å². The van der Waals surface area contributed by atoms with E-state index in [0.717, 1.165) is 0 Å².